The number of rotatable bonds is 7. The van der Waals surface area contributed by atoms with E-state index in [1.54, 1.807) is 50.7 Å². The Hall–Kier alpha value is -3.36. The van der Waals surface area contributed by atoms with Crippen LogP contribution in [0.5, 0.6) is 11.5 Å². The number of carbonyl (C=O) groups excluding carboxylic acids is 1. The number of carbonyl (C=O) groups is 1. The number of thiazole rings is 1. The summed E-state index contributed by atoms with van der Waals surface area (Å²) in [5.41, 5.74) is 2.09. The second kappa shape index (κ2) is 10.7. The van der Waals surface area contributed by atoms with Crippen molar-refractivity contribution < 1.29 is 19.0 Å². The summed E-state index contributed by atoms with van der Waals surface area (Å²) in [7, 11) is 1.57. The summed E-state index contributed by atoms with van der Waals surface area (Å²) in [6, 6.07) is 11.9. The predicted molar refractivity (Wildman–Crippen MR) is 141 cm³/mol. The Morgan fingerprint density at radius 2 is 1.92 bits per heavy atom. The molecular weight excluding hydrogens is 500 g/mol. The van der Waals surface area contributed by atoms with E-state index in [9.17, 15) is 9.59 Å². The van der Waals surface area contributed by atoms with Crippen LogP contribution in [0.4, 0.5) is 0 Å². The molecule has 9 heteroatoms. The lowest BCUT2D eigenvalue weighted by atomic mass is 9.96. The molecule has 0 N–H and O–H groups in total. The van der Waals surface area contributed by atoms with Crippen molar-refractivity contribution in [3.63, 3.8) is 0 Å². The van der Waals surface area contributed by atoms with Crippen molar-refractivity contribution in [3.8, 4) is 11.5 Å². The monoisotopic (exact) mass is 526 g/mol. The van der Waals surface area contributed by atoms with Gasteiger partial charge in [0.2, 0.25) is 0 Å². The number of allylic oxidation sites excluding steroid dienone is 1. The number of aromatic nitrogens is 1. The molecule has 7 nitrogen and oxygen atoms in total. The molecule has 0 fully saturated rings. The molecule has 0 unspecified atom stereocenters. The van der Waals surface area contributed by atoms with Gasteiger partial charge < -0.3 is 14.2 Å². The van der Waals surface area contributed by atoms with Gasteiger partial charge in [-0.15, -0.1) is 0 Å². The highest BCUT2D eigenvalue weighted by molar-refractivity contribution is 7.07. The number of fused-ring (bicyclic) bond motifs is 1. The SMILES string of the molecule is CCOc1ccc(C=c2sc3n(c2=O)[C@H](c2ccc(Cl)cc2)C(C(=O)OC(C)C)=C(C)N=3)cc1OC. The van der Waals surface area contributed by atoms with E-state index in [-0.39, 0.29) is 11.7 Å². The highest BCUT2D eigenvalue weighted by Gasteiger charge is 2.33. The normalized spacial score (nSPS) is 15.5. The molecule has 1 aromatic heterocycles. The van der Waals surface area contributed by atoms with Crippen molar-refractivity contribution in [1.29, 1.82) is 0 Å². The van der Waals surface area contributed by atoms with Gasteiger partial charge in [0, 0.05) is 5.02 Å². The molecule has 2 heterocycles. The zero-order valence-electron chi connectivity index (χ0n) is 20.7. The smallest absolute Gasteiger partial charge is 0.338 e. The number of hydrogen-bond donors (Lipinski definition) is 0. The molecule has 4 rings (SSSR count). The first-order chi connectivity index (χ1) is 17.2. The van der Waals surface area contributed by atoms with Crippen LogP contribution in [0.25, 0.3) is 6.08 Å². The first-order valence-corrected chi connectivity index (χ1v) is 12.7. The number of hydrogen-bond acceptors (Lipinski definition) is 7. The zero-order valence-corrected chi connectivity index (χ0v) is 22.3. The number of halogens is 1. The zero-order chi connectivity index (χ0) is 26.0. The van der Waals surface area contributed by atoms with Gasteiger partial charge in [-0.25, -0.2) is 9.79 Å². The lowest BCUT2D eigenvalue weighted by Gasteiger charge is -2.25. The van der Waals surface area contributed by atoms with E-state index in [0.717, 1.165) is 11.1 Å². The van der Waals surface area contributed by atoms with Crippen molar-refractivity contribution in [3.05, 3.63) is 89.6 Å². The molecule has 1 atom stereocenters. The first-order valence-electron chi connectivity index (χ1n) is 11.5. The number of nitrogens with zero attached hydrogens (tertiary/aromatic N) is 2. The Morgan fingerprint density at radius 1 is 1.19 bits per heavy atom. The third kappa shape index (κ3) is 5.10. The van der Waals surface area contributed by atoms with E-state index < -0.39 is 12.0 Å². The Labute approximate surface area is 217 Å². The number of benzene rings is 2. The van der Waals surface area contributed by atoms with E-state index in [2.05, 4.69) is 4.99 Å². The predicted octanol–water partition coefficient (Wildman–Crippen LogP) is 4.25. The van der Waals surface area contributed by atoms with Crippen molar-refractivity contribution in [2.75, 3.05) is 13.7 Å². The number of methoxy groups -OCH3 is 1. The van der Waals surface area contributed by atoms with Gasteiger partial charge in [-0.05, 0) is 69.2 Å². The van der Waals surface area contributed by atoms with Crippen molar-refractivity contribution in [1.82, 2.24) is 4.57 Å². The number of esters is 1. The van der Waals surface area contributed by atoms with Crippen LogP contribution in [-0.2, 0) is 9.53 Å². The fourth-order valence-corrected chi connectivity index (χ4v) is 5.19. The average molecular weight is 527 g/mol. The van der Waals surface area contributed by atoms with Crippen molar-refractivity contribution >= 4 is 35.0 Å². The summed E-state index contributed by atoms with van der Waals surface area (Å²) < 4.78 is 18.6. The maximum absolute atomic E-state index is 13.7. The topological polar surface area (TPSA) is 79.1 Å². The average Bonchev–Trinajstić information content (AvgIpc) is 3.13. The Balaban J connectivity index is 1.89. The molecule has 0 radical (unpaired) electrons. The van der Waals surface area contributed by atoms with Gasteiger partial charge >= 0.3 is 5.97 Å². The Morgan fingerprint density at radius 3 is 2.56 bits per heavy atom. The lowest BCUT2D eigenvalue weighted by molar-refractivity contribution is -0.143. The Bertz CT molecular complexity index is 1500. The fourth-order valence-electron chi connectivity index (χ4n) is 4.02. The van der Waals surface area contributed by atoms with Gasteiger partial charge in [0.1, 0.15) is 0 Å². The third-order valence-corrected chi connectivity index (χ3v) is 6.79. The van der Waals surface area contributed by atoms with Crippen LogP contribution in [0.15, 0.2) is 63.5 Å². The van der Waals surface area contributed by atoms with Crippen molar-refractivity contribution in [2.24, 2.45) is 4.99 Å². The summed E-state index contributed by atoms with van der Waals surface area (Å²) in [6.07, 6.45) is 1.47. The molecule has 0 amide bonds. The summed E-state index contributed by atoms with van der Waals surface area (Å²) >= 11 is 7.38. The second-order valence-electron chi connectivity index (χ2n) is 8.43. The van der Waals surface area contributed by atoms with Gasteiger partial charge in [0.25, 0.3) is 5.56 Å². The van der Waals surface area contributed by atoms with Gasteiger partial charge in [-0.3, -0.25) is 9.36 Å². The molecular formula is C27H27ClN2O5S. The molecule has 3 aromatic rings. The van der Waals surface area contributed by atoms with E-state index in [1.165, 1.54) is 11.3 Å². The van der Waals surface area contributed by atoms with Gasteiger partial charge in [-0.1, -0.05) is 41.1 Å². The first kappa shape index (κ1) is 25.7. The Kier molecular flexibility index (Phi) is 7.66. The van der Waals surface area contributed by atoms with E-state index in [1.807, 2.05) is 37.3 Å². The maximum Gasteiger partial charge on any atom is 0.338 e. The highest BCUT2D eigenvalue weighted by Crippen LogP contribution is 2.32. The largest absolute Gasteiger partial charge is 0.493 e. The van der Waals surface area contributed by atoms with Crippen LogP contribution < -0.4 is 24.4 Å². The van der Waals surface area contributed by atoms with Crippen LogP contribution >= 0.6 is 22.9 Å². The quantitative estimate of drug-likeness (QED) is 0.430. The minimum absolute atomic E-state index is 0.256. The summed E-state index contributed by atoms with van der Waals surface area (Å²) in [5.74, 6) is 0.703. The molecule has 0 aliphatic carbocycles. The van der Waals surface area contributed by atoms with Crippen LogP contribution in [0.2, 0.25) is 5.02 Å². The molecule has 1 aliphatic rings. The summed E-state index contributed by atoms with van der Waals surface area (Å²) in [6.45, 7) is 7.74. The standard InChI is InChI=1S/C27H27ClN2O5S/c1-6-34-20-12-7-17(13-21(20)33-5)14-22-25(31)30-24(18-8-10-19(28)11-9-18)23(26(32)35-15(2)3)16(4)29-27(30)36-22/h7-15,24H,6H2,1-5H3/t24-/m1/s1. The minimum atomic E-state index is -0.693. The second-order valence-corrected chi connectivity index (χ2v) is 9.88. The van der Waals surface area contributed by atoms with Crippen LogP contribution in [0, 0.1) is 0 Å². The molecule has 0 bridgehead atoms. The summed E-state index contributed by atoms with van der Waals surface area (Å²) in [4.78, 5) is 32.0. The fraction of sp³-hybridized carbons (Fsp3) is 0.296. The molecule has 0 spiro atoms. The molecule has 36 heavy (non-hydrogen) atoms. The summed E-state index contributed by atoms with van der Waals surface area (Å²) in [5, 5.41) is 0.558. The molecule has 1 aliphatic heterocycles. The van der Waals surface area contributed by atoms with Crippen LogP contribution in [0.3, 0.4) is 0 Å². The van der Waals surface area contributed by atoms with Gasteiger partial charge in [0.05, 0.1) is 41.7 Å². The van der Waals surface area contributed by atoms with E-state index >= 15 is 0 Å². The van der Waals surface area contributed by atoms with Crippen molar-refractivity contribution in [2.45, 2.75) is 39.8 Å². The molecule has 0 saturated heterocycles. The van der Waals surface area contributed by atoms with Gasteiger partial charge in [-0.2, -0.15) is 0 Å². The van der Waals surface area contributed by atoms with E-state index in [4.69, 9.17) is 25.8 Å². The highest BCUT2D eigenvalue weighted by atomic mass is 35.5. The lowest BCUT2D eigenvalue weighted by Crippen LogP contribution is -2.40. The minimum Gasteiger partial charge on any atom is -0.493 e. The van der Waals surface area contributed by atoms with Gasteiger partial charge in [0.15, 0.2) is 16.3 Å². The van der Waals surface area contributed by atoms with Crippen LogP contribution in [-0.4, -0.2) is 30.4 Å². The number of ether oxygens (including phenoxy) is 3. The maximum atomic E-state index is 13.7. The molecule has 188 valence electrons. The van der Waals surface area contributed by atoms with E-state index in [0.29, 0.717) is 43.7 Å². The third-order valence-electron chi connectivity index (χ3n) is 5.56. The molecule has 2 aromatic carbocycles. The molecule has 0 saturated carbocycles. The van der Waals surface area contributed by atoms with Crippen LogP contribution in [0.1, 0.15) is 44.9 Å².